The minimum absolute atomic E-state index is 0.0535. The average molecular weight is 507 g/mol. The number of hydrogen-bond donors (Lipinski definition) is 1. The van der Waals surface area contributed by atoms with Crippen LogP contribution in [0, 0.1) is 0 Å². The highest BCUT2D eigenvalue weighted by atomic mass is 32.2. The van der Waals surface area contributed by atoms with E-state index in [2.05, 4.69) is 10.3 Å². The van der Waals surface area contributed by atoms with E-state index in [4.69, 9.17) is 9.47 Å². The molecule has 0 spiro atoms. The van der Waals surface area contributed by atoms with Gasteiger partial charge < -0.3 is 19.4 Å². The Morgan fingerprint density at radius 1 is 1.00 bits per heavy atom. The predicted molar refractivity (Wildman–Crippen MR) is 136 cm³/mol. The molecule has 0 unspecified atom stereocenters. The number of benzene rings is 3. The van der Waals surface area contributed by atoms with Crippen LogP contribution in [0.5, 0.6) is 11.5 Å². The van der Waals surface area contributed by atoms with Gasteiger partial charge >= 0.3 is 0 Å². The highest BCUT2D eigenvalue weighted by Gasteiger charge is 2.29. The Morgan fingerprint density at radius 2 is 1.75 bits per heavy atom. The lowest BCUT2D eigenvalue weighted by Gasteiger charge is -2.26. The van der Waals surface area contributed by atoms with Gasteiger partial charge in [0.05, 0.1) is 31.1 Å². The fourth-order valence-corrected chi connectivity index (χ4v) is 5.04. The van der Waals surface area contributed by atoms with Crippen LogP contribution in [-0.2, 0) is 21.4 Å². The number of nitrogens with zero attached hydrogens (tertiary/aromatic N) is 3. The molecule has 0 saturated carbocycles. The first kappa shape index (κ1) is 24.8. The van der Waals surface area contributed by atoms with E-state index in [-0.39, 0.29) is 22.9 Å². The zero-order chi connectivity index (χ0) is 25.5. The van der Waals surface area contributed by atoms with Crippen LogP contribution >= 0.6 is 0 Å². The number of ether oxygens (including phenoxy) is 2. The van der Waals surface area contributed by atoms with E-state index in [1.165, 1.54) is 32.4 Å². The first-order valence-corrected chi connectivity index (χ1v) is 12.5. The third kappa shape index (κ3) is 5.49. The zero-order valence-corrected chi connectivity index (χ0v) is 20.7. The standard InChI is InChI=1S/C26H26N4O5S/c1-34-22-12-13-25(35-2)24(16-22)30(36(32,33)23-6-4-3-5-7-23)18-26(31)28-17-20-8-10-21(11-9-20)29-15-14-27-19-29/h3-16,19H,17-18H2,1-2H3,(H,28,31). The monoisotopic (exact) mass is 506 g/mol. The largest absolute Gasteiger partial charge is 0.497 e. The van der Waals surface area contributed by atoms with Gasteiger partial charge in [0, 0.05) is 30.7 Å². The van der Waals surface area contributed by atoms with E-state index < -0.39 is 22.5 Å². The normalized spacial score (nSPS) is 11.1. The predicted octanol–water partition coefficient (Wildman–Crippen LogP) is 3.40. The fraction of sp³-hybridized carbons (Fsp3) is 0.154. The van der Waals surface area contributed by atoms with E-state index in [0.717, 1.165) is 15.6 Å². The summed E-state index contributed by atoms with van der Waals surface area (Å²) in [5.74, 6) is 0.244. The van der Waals surface area contributed by atoms with Gasteiger partial charge in [0.1, 0.15) is 18.0 Å². The maximum Gasteiger partial charge on any atom is 0.264 e. The summed E-state index contributed by atoms with van der Waals surface area (Å²) in [6.45, 7) is -0.217. The first-order valence-electron chi connectivity index (χ1n) is 11.1. The number of carbonyl (C=O) groups excluding carboxylic acids is 1. The molecule has 0 bridgehead atoms. The van der Waals surface area contributed by atoms with E-state index in [1.807, 2.05) is 35.0 Å². The zero-order valence-electron chi connectivity index (χ0n) is 19.9. The highest BCUT2D eigenvalue weighted by molar-refractivity contribution is 7.92. The van der Waals surface area contributed by atoms with Gasteiger partial charge in [0.15, 0.2) is 0 Å². The van der Waals surface area contributed by atoms with Gasteiger partial charge in [-0.05, 0) is 42.0 Å². The molecule has 4 aromatic rings. The lowest BCUT2D eigenvalue weighted by atomic mass is 10.2. The lowest BCUT2D eigenvalue weighted by molar-refractivity contribution is -0.119. The van der Waals surface area contributed by atoms with Gasteiger partial charge in [0.25, 0.3) is 10.0 Å². The second-order valence-electron chi connectivity index (χ2n) is 7.78. The van der Waals surface area contributed by atoms with Crippen LogP contribution in [0.25, 0.3) is 5.69 Å². The molecule has 0 aliphatic heterocycles. The topological polar surface area (TPSA) is 103 Å². The van der Waals surface area contributed by atoms with Gasteiger partial charge in [-0.25, -0.2) is 13.4 Å². The maximum atomic E-state index is 13.6. The molecule has 10 heteroatoms. The van der Waals surface area contributed by atoms with Crippen LogP contribution in [0.4, 0.5) is 5.69 Å². The Balaban J connectivity index is 1.57. The van der Waals surface area contributed by atoms with Crippen LogP contribution in [-0.4, -0.2) is 44.6 Å². The van der Waals surface area contributed by atoms with E-state index >= 15 is 0 Å². The number of nitrogens with one attached hydrogen (secondary N) is 1. The second-order valence-corrected chi connectivity index (χ2v) is 9.64. The van der Waals surface area contributed by atoms with Crippen LogP contribution in [0.3, 0.4) is 0 Å². The molecule has 186 valence electrons. The molecule has 0 atom stereocenters. The molecule has 0 radical (unpaired) electrons. The molecule has 0 aliphatic carbocycles. The van der Waals surface area contributed by atoms with Gasteiger partial charge in [-0.1, -0.05) is 30.3 Å². The van der Waals surface area contributed by atoms with Crippen molar-refractivity contribution < 1.29 is 22.7 Å². The van der Waals surface area contributed by atoms with Crippen molar-refractivity contribution in [2.75, 3.05) is 25.1 Å². The Morgan fingerprint density at radius 3 is 2.39 bits per heavy atom. The molecule has 0 fully saturated rings. The number of aromatic nitrogens is 2. The summed E-state index contributed by atoms with van der Waals surface area (Å²) in [6, 6.07) is 20.3. The van der Waals surface area contributed by atoms with Crippen molar-refractivity contribution in [3.05, 3.63) is 97.1 Å². The Kier molecular flexibility index (Phi) is 7.55. The van der Waals surface area contributed by atoms with Gasteiger partial charge in [-0.3, -0.25) is 9.10 Å². The number of methoxy groups -OCH3 is 2. The van der Waals surface area contributed by atoms with Gasteiger partial charge in [-0.2, -0.15) is 0 Å². The molecule has 4 rings (SSSR count). The van der Waals surface area contributed by atoms with Crippen LogP contribution < -0.4 is 19.1 Å². The number of rotatable bonds is 10. The average Bonchev–Trinajstić information content (AvgIpc) is 3.46. The maximum absolute atomic E-state index is 13.6. The quantitative estimate of drug-likeness (QED) is 0.354. The number of carbonyl (C=O) groups is 1. The molecule has 1 N–H and O–H groups in total. The van der Waals surface area contributed by atoms with Crippen LogP contribution in [0.2, 0.25) is 0 Å². The summed E-state index contributed by atoms with van der Waals surface area (Å²) < 4.78 is 40.8. The summed E-state index contributed by atoms with van der Waals surface area (Å²) in [6.07, 6.45) is 5.23. The third-order valence-corrected chi connectivity index (χ3v) is 7.28. The minimum atomic E-state index is -4.09. The van der Waals surface area contributed by atoms with Crippen LogP contribution in [0.1, 0.15) is 5.56 Å². The molecule has 0 aliphatic rings. The summed E-state index contributed by atoms with van der Waals surface area (Å²) in [7, 11) is -1.18. The molecule has 1 amide bonds. The molecule has 36 heavy (non-hydrogen) atoms. The molecule has 1 aromatic heterocycles. The number of amides is 1. The minimum Gasteiger partial charge on any atom is -0.497 e. The van der Waals surface area contributed by atoms with E-state index in [9.17, 15) is 13.2 Å². The van der Waals surface area contributed by atoms with Gasteiger partial charge in [0.2, 0.25) is 5.91 Å². The lowest BCUT2D eigenvalue weighted by Crippen LogP contribution is -2.40. The molecule has 9 nitrogen and oxygen atoms in total. The molecule has 0 saturated heterocycles. The van der Waals surface area contributed by atoms with Crippen molar-refractivity contribution in [3.63, 3.8) is 0 Å². The number of hydrogen-bond acceptors (Lipinski definition) is 6. The smallest absolute Gasteiger partial charge is 0.264 e. The Hall–Kier alpha value is -4.31. The van der Waals surface area contributed by atoms with Crippen molar-refractivity contribution in [2.24, 2.45) is 0 Å². The first-order chi connectivity index (χ1) is 17.4. The van der Waals surface area contributed by atoms with Crippen molar-refractivity contribution in [3.8, 4) is 17.2 Å². The van der Waals surface area contributed by atoms with Crippen LogP contribution in [0.15, 0.2) is 96.4 Å². The van der Waals surface area contributed by atoms with Crippen molar-refractivity contribution in [2.45, 2.75) is 11.4 Å². The Labute approximate surface area is 210 Å². The highest BCUT2D eigenvalue weighted by Crippen LogP contribution is 2.35. The second kappa shape index (κ2) is 11.0. The van der Waals surface area contributed by atoms with E-state index in [1.54, 1.807) is 42.9 Å². The molecular weight excluding hydrogens is 480 g/mol. The van der Waals surface area contributed by atoms with Crippen molar-refractivity contribution in [1.29, 1.82) is 0 Å². The van der Waals surface area contributed by atoms with Crippen molar-refractivity contribution in [1.82, 2.24) is 14.9 Å². The number of anilines is 1. The van der Waals surface area contributed by atoms with Crippen molar-refractivity contribution >= 4 is 21.6 Å². The third-order valence-electron chi connectivity index (χ3n) is 5.50. The summed E-state index contributed by atoms with van der Waals surface area (Å²) in [5, 5.41) is 2.81. The summed E-state index contributed by atoms with van der Waals surface area (Å²) in [4.78, 5) is 17.1. The fourth-order valence-electron chi connectivity index (χ4n) is 3.60. The van der Waals surface area contributed by atoms with Gasteiger partial charge in [-0.15, -0.1) is 0 Å². The molecule has 3 aromatic carbocycles. The molecule has 1 heterocycles. The molecular formula is C26H26N4O5S. The SMILES string of the molecule is COc1ccc(OC)c(N(CC(=O)NCc2ccc(-n3ccnc3)cc2)S(=O)(=O)c2ccccc2)c1. The number of sulfonamides is 1. The summed E-state index contributed by atoms with van der Waals surface area (Å²) in [5.41, 5.74) is 2.00. The van der Waals surface area contributed by atoms with E-state index in [0.29, 0.717) is 5.75 Å². The summed E-state index contributed by atoms with van der Waals surface area (Å²) >= 11 is 0. The Bertz CT molecular complexity index is 1410. The number of imidazole rings is 1.